The lowest BCUT2D eigenvalue weighted by molar-refractivity contribution is -0.183. The van der Waals surface area contributed by atoms with Gasteiger partial charge in [0.15, 0.2) is 4.77 Å². The Hall–Kier alpha value is -0.780. The summed E-state index contributed by atoms with van der Waals surface area (Å²) in [5.74, 6) is -1.13. The van der Waals surface area contributed by atoms with Crippen molar-refractivity contribution >= 4 is 12.2 Å². The number of H-pyrrole nitrogens is 1. The molecular formula is C10H13F3N2S. The molecule has 2 nitrogen and oxygen atoms in total. The molecule has 0 aliphatic heterocycles. The molecular weight excluding hydrogens is 237 g/mol. The van der Waals surface area contributed by atoms with Crippen molar-refractivity contribution in [3.05, 3.63) is 17.2 Å². The lowest BCUT2D eigenvalue weighted by Crippen LogP contribution is -2.28. The minimum absolute atomic E-state index is 0.123. The van der Waals surface area contributed by atoms with E-state index in [1.165, 1.54) is 0 Å². The zero-order chi connectivity index (χ0) is 11.8. The highest BCUT2D eigenvalue weighted by molar-refractivity contribution is 7.71. The smallest absolute Gasteiger partial charge is 0.337 e. The van der Waals surface area contributed by atoms with Crippen LogP contribution in [0.5, 0.6) is 0 Å². The predicted octanol–water partition coefficient (Wildman–Crippen LogP) is 3.84. The maximum atomic E-state index is 12.5. The fourth-order valence-electron chi connectivity index (χ4n) is 2.30. The molecule has 0 aromatic carbocycles. The van der Waals surface area contributed by atoms with Gasteiger partial charge in [-0.3, -0.25) is 0 Å². The monoisotopic (exact) mass is 250 g/mol. The van der Waals surface area contributed by atoms with Gasteiger partial charge in [-0.05, 0) is 37.9 Å². The molecule has 90 valence electrons. The Morgan fingerprint density at radius 1 is 1.25 bits per heavy atom. The molecule has 0 atom stereocenters. The lowest BCUT2D eigenvalue weighted by atomic mass is 9.85. The third-order valence-electron chi connectivity index (χ3n) is 3.23. The maximum Gasteiger partial charge on any atom is 0.391 e. The minimum Gasteiger partial charge on any atom is -0.337 e. The molecule has 6 heteroatoms. The molecule has 1 aliphatic carbocycles. The average Bonchev–Trinajstić information content (AvgIpc) is 2.63. The molecule has 0 saturated heterocycles. The fraction of sp³-hybridized carbons (Fsp3) is 0.700. The van der Waals surface area contributed by atoms with Gasteiger partial charge in [0.1, 0.15) is 0 Å². The van der Waals surface area contributed by atoms with E-state index in [0.717, 1.165) is 0 Å². The van der Waals surface area contributed by atoms with E-state index in [9.17, 15) is 13.2 Å². The average molecular weight is 250 g/mol. The van der Waals surface area contributed by atoms with E-state index in [-0.39, 0.29) is 18.9 Å². The minimum atomic E-state index is -4.04. The number of aromatic amines is 1. The number of imidazole rings is 1. The van der Waals surface area contributed by atoms with Crippen molar-refractivity contribution in [2.45, 2.75) is 37.9 Å². The van der Waals surface area contributed by atoms with Gasteiger partial charge < -0.3 is 9.55 Å². The van der Waals surface area contributed by atoms with Crippen molar-refractivity contribution in [1.82, 2.24) is 9.55 Å². The van der Waals surface area contributed by atoms with Crippen molar-refractivity contribution in [3.63, 3.8) is 0 Å². The molecule has 1 aromatic rings. The highest BCUT2D eigenvalue weighted by Gasteiger charge is 2.41. The SMILES string of the molecule is FC(F)(F)C1CCC(n2cc[nH]c2=S)CC1. The molecule has 0 spiro atoms. The number of alkyl halides is 3. The van der Waals surface area contributed by atoms with Gasteiger partial charge in [0.05, 0.1) is 5.92 Å². The number of aromatic nitrogens is 2. The zero-order valence-electron chi connectivity index (χ0n) is 8.63. The number of hydrogen-bond donors (Lipinski definition) is 1. The van der Waals surface area contributed by atoms with E-state index < -0.39 is 12.1 Å². The van der Waals surface area contributed by atoms with E-state index in [4.69, 9.17) is 12.2 Å². The topological polar surface area (TPSA) is 20.7 Å². The highest BCUT2D eigenvalue weighted by atomic mass is 32.1. The molecule has 0 unspecified atom stereocenters. The van der Waals surface area contributed by atoms with E-state index in [2.05, 4.69) is 4.98 Å². The van der Waals surface area contributed by atoms with Crippen molar-refractivity contribution in [3.8, 4) is 0 Å². The molecule has 1 saturated carbocycles. The Bertz CT molecular complexity index is 399. The standard InChI is InChI=1S/C10H13F3N2S/c11-10(12,13)7-1-3-8(4-2-7)15-6-5-14-9(15)16/h5-8H,1-4H2,(H,14,16). The van der Waals surface area contributed by atoms with E-state index in [1.807, 2.05) is 4.57 Å². The van der Waals surface area contributed by atoms with Crippen LogP contribution in [-0.2, 0) is 0 Å². The molecule has 1 fully saturated rings. The predicted molar refractivity (Wildman–Crippen MR) is 56.7 cm³/mol. The number of nitrogens with one attached hydrogen (secondary N) is 1. The van der Waals surface area contributed by atoms with Crippen LogP contribution in [0.3, 0.4) is 0 Å². The summed E-state index contributed by atoms with van der Waals surface area (Å²) < 4.78 is 39.8. The molecule has 0 radical (unpaired) electrons. The Balaban J connectivity index is 2.01. The van der Waals surface area contributed by atoms with Gasteiger partial charge >= 0.3 is 6.18 Å². The second kappa shape index (κ2) is 4.24. The second-order valence-corrected chi connectivity index (χ2v) is 4.61. The molecule has 1 aliphatic rings. The van der Waals surface area contributed by atoms with Crippen LogP contribution in [0.15, 0.2) is 12.4 Å². The first-order valence-corrected chi connectivity index (χ1v) is 5.71. The number of rotatable bonds is 1. The molecule has 2 rings (SSSR count). The van der Waals surface area contributed by atoms with E-state index in [1.54, 1.807) is 12.4 Å². The van der Waals surface area contributed by atoms with Crippen LogP contribution in [0.2, 0.25) is 0 Å². The summed E-state index contributed by atoms with van der Waals surface area (Å²) in [5, 5.41) is 0. The zero-order valence-corrected chi connectivity index (χ0v) is 9.44. The summed E-state index contributed by atoms with van der Waals surface area (Å²) in [6.07, 6.45) is 1.01. The second-order valence-electron chi connectivity index (χ2n) is 4.22. The number of halogens is 3. The van der Waals surface area contributed by atoms with Crippen molar-refractivity contribution in [2.75, 3.05) is 0 Å². The first-order chi connectivity index (χ1) is 7.48. The molecule has 1 aromatic heterocycles. The third kappa shape index (κ3) is 2.31. The summed E-state index contributed by atoms with van der Waals surface area (Å²) in [4.78, 5) is 2.86. The summed E-state index contributed by atoms with van der Waals surface area (Å²) in [5.41, 5.74) is 0. The number of nitrogens with zero attached hydrogens (tertiary/aromatic N) is 1. The third-order valence-corrected chi connectivity index (χ3v) is 3.56. The van der Waals surface area contributed by atoms with Gasteiger partial charge in [0, 0.05) is 18.4 Å². The molecule has 1 heterocycles. The van der Waals surface area contributed by atoms with Crippen LogP contribution in [0.4, 0.5) is 13.2 Å². The van der Waals surface area contributed by atoms with Crippen LogP contribution in [0.1, 0.15) is 31.7 Å². The van der Waals surface area contributed by atoms with Crippen LogP contribution in [-0.4, -0.2) is 15.7 Å². The normalized spacial score (nSPS) is 26.9. The van der Waals surface area contributed by atoms with Crippen molar-refractivity contribution < 1.29 is 13.2 Å². The Morgan fingerprint density at radius 3 is 2.31 bits per heavy atom. The van der Waals surface area contributed by atoms with E-state index in [0.29, 0.717) is 17.6 Å². The maximum absolute atomic E-state index is 12.5. The van der Waals surface area contributed by atoms with Gasteiger partial charge in [-0.25, -0.2) is 0 Å². The summed E-state index contributed by atoms with van der Waals surface area (Å²) in [6, 6.07) is 0.123. The van der Waals surface area contributed by atoms with Crippen LogP contribution in [0, 0.1) is 10.7 Å². The largest absolute Gasteiger partial charge is 0.391 e. The van der Waals surface area contributed by atoms with Gasteiger partial charge in [-0.15, -0.1) is 0 Å². The summed E-state index contributed by atoms with van der Waals surface area (Å²) in [6.45, 7) is 0. The summed E-state index contributed by atoms with van der Waals surface area (Å²) in [7, 11) is 0. The fourth-order valence-corrected chi connectivity index (χ4v) is 2.58. The molecule has 16 heavy (non-hydrogen) atoms. The van der Waals surface area contributed by atoms with Gasteiger partial charge in [-0.2, -0.15) is 13.2 Å². The van der Waals surface area contributed by atoms with Crippen LogP contribution < -0.4 is 0 Å². The van der Waals surface area contributed by atoms with Gasteiger partial charge in [-0.1, -0.05) is 0 Å². The first kappa shape index (κ1) is 11.7. The van der Waals surface area contributed by atoms with Crippen LogP contribution in [0.25, 0.3) is 0 Å². The summed E-state index contributed by atoms with van der Waals surface area (Å²) >= 11 is 5.05. The Morgan fingerprint density at radius 2 is 1.88 bits per heavy atom. The Labute approximate surface area is 96.5 Å². The molecule has 1 N–H and O–H groups in total. The van der Waals surface area contributed by atoms with Crippen LogP contribution >= 0.6 is 12.2 Å². The van der Waals surface area contributed by atoms with Gasteiger partial charge in [0.25, 0.3) is 0 Å². The highest BCUT2D eigenvalue weighted by Crippen LogP contribution is 2.40. The lowest BCUT2D eigenvalue weighted by Gasteiger charge is -2.30. The number of hydrogen-bond acceptors (Lipinski definition) is 1. The first-order valence-electron chi connectivity index (χ1n) is 5.30. The van der Waals surface area contributed by atoms with E-state index >= 15 is 0 Å². The van der Waals surface area contributed by atoms with Crippen molar-refractivity contribution in [2.24, 2.45) is 5.92 Å². The van der Waals surface area contributed by atoms with Crippen molar-refractivity contribution in [1.29, 1.82) is 0 Å². The van der Waals surface area contributed by atoms with Gasteiger partial charge in [0.2, 0.25) is 0 Å². The quantitative estimate of drug-likeness (QED) is 0.751. The molecule has 0 bridgehead atoms. The molecule has 0 amide bonds. The Kier molecular flexibility index (Phi) is 3.10.